The normalized spacial score (nSPS) is 24.1. The van der Waals surface area contributed by atoms with Crippen molar-refractivity contribution >= 4 is 21.6 Å². The van der Waals surface area contributed by atoms with Crippen LogP contribution in [-0.2, 0) is 0 Å². The van der Waals surface area contributed by atoms with Crippen LogP contribution in [0.4, 0.5) is 5.69 Å². The summed E-state index contributed by atoms with van der Waals surface area (Å²) in [5, 5.41) is 3.56. The van der Waals surface area contributed by atoms with Crippen LogP contribution in [0.25, 0.3) is 0 Å². The predicted molar refractivity (Wildman–Crippen MR) is 96.0 cm³/mol. The summed E-state index contributed by atoms with van der Waals surface area (Å²) in [6.45, 7) is 12.6. The van der Waals surface area contributed by atoms with Crippen LogP contribution in [-0.4, -0.2) is 19.6 Å². The molecule has 3 heteroatoms. The minimum absolute atomic E-state index is 0.397. The van der Waals surface area contributed by atoms with Gasteiger partial charge in [0.15, 0.2) is 0 Å². The zero-order chi connectivity index (χ0) is 15.4. The molecule has 1 aliphatic heterocycles. The van der Waals surface area contributed by atoms with E-state index in [2.05, 4.69) is 72.0 Å². The summed E-state index contributed by atoms with van der Waals surface area (Å²) < 4.78 is 1.22. The van der Waals surface area contributed by atoms with E-state index >= 15 is 0 Å². The Morgan fingerprint density at radius 1 is 1.33 bits per heavy atom. The summed E-state index contributed by atoms with van der Waals surface area (Å²) in [5.41, 5.74) is 2.71. The molecule has 0 bridgehead atoms. The molecule has 0 aromatic heterocycles. The van der Waals surface area contributed by atoms with Crippen molar-refractivity contribution < 1.29 is 0 Å². The summed E-state index contributed by atoms with van der Waals surface area (Å²) in [4.78, 5) is 2.53. The van der Waals surface area contributed by atoms with Crippen LogP contribution >= 0.6 is 15.9 Å². The van der Waals surface area contributed by atoms with Gasteiger partial charge in [-0.25, -0.2) is 0 Å². The molecule has 21 heavy (non-hydrogen) atoms. The van der Waals surface area contributed by atoms with E-state index in [1.54, 1.807) is 0 Å². The van der Waals surface area contributed by atoms with Crippen molar-refractivity contribution in [3.05, 3.63) is 28.2 Å². The van der Waals surface area contributed by atoms with Gasteiger partial charge in [0.05, 0.1) is 0 Å². The first-order valence-corrected chi connectivity index (χ1v) is 9.10. The van der Waals surface area contributed by atoms with Crippen LogP contribution in [0.5, 0.6) is 0 Å². The standard InChI is InChI=1S/C18H29BrN2/c1-5-9-20-15(4)17-7-6-16(11-18(17)19)21-10-8-13(2)14(3)12-21/h6-7,11,13-15,20H,5,8-10,12H2,1-4H3. The maximum atomic E-state index is 3.77. The monoisotopic (exact) mass is 352 g/mol. The average Bonchev–Trinajstić information content (AvgIpc) is 2.47. The molecular weight excluding hydrogens is 324 g/mol. The molecule has 0 amide bonds. The molecule has 2 rings (SSSR count). The molecule has 3 unspecified atom stereocenters. The number of benzene rings is 1. The highest BCUT2D eigenvalue weighted by atomic mass is 79.9. The van der Waals surface area contributed by atoms with Crippen molar-refractivity contribution in [2.75, 3.05) is 24.5 Å². The molecule has 0 saturated carbocycles. The average molecular weight is 353 g/mol. The molecule has 1 heterocycles. The number of hydrogen-bond acceptors (Lipinski definition) is 2. The lowest BCUT2D eigenvalue weighted by Crippen LogP contribution is -2.38. The molecule has 1 saturated heterocycles. The molecule has 1 aliphatic rings. The molecule has 1 aromatic rings. The minimum atomic E-state index is 0.397. The summed E-state index contributed by atoms with van der Waals surface area (Å²) in [6.07, 6.45) is 2.47. The number of nitrogens with one attached hydrogen (secondary N) is 1. The van der Waals surface area contributed by atoms with Crippen LogP contribution in [0.2, 0.25) is 0 Å². The van der Waals surface area contributed by atoms with Crippen molar-refractivity contribution in [2.45, 2.75) is 46.6 Å². The zero-order valence-electron chi connectivity index (χ0n) is 13.8. The lowest BCUT2D eigenvalue weighted by molar-refractivity contribution is 0.324. The number of hydrogen-bond donors (Lipinski definition) is 1. The smallest absolute Gasteiger partial charge is 0.0377 e. The largest absolute Gasteiger partial charge is 0.371 e. The van der Waals surface area contributed by atoms with Gasteiger partial charge in [-0.05, 0) is 55.8 Å². The first kappa shape index (κ1) is 16.8. The highest BCUT2D eigenvalue weighted by molar-refractivity contribution is 9.10. The van der Waals surface area contributed by atoms with Gasteiger partial charge in [0.2, 0.25) is 0 Å². The molecule has 1 fully saturated rings. The summed E-state index contributed by atoms with van der Waals surface area (Å²) in [7, 11) is 0. The van der Waals surface area contributed by atoms with Crippen LogP contribution < -0.4 is 10.2 Å². The Morgan fingerprint density at radius 2 is 2.10 bits per heavy atom. The Hall–Kier alpha value is -0.540. The molecular formula is C18H29BrN2. The Labute approximate surface area is 138 Å². The van der Waals surface area contributed by atoms with E-state index in [1.165, 1.54) is 41.7 Å². The number of nitrogens with zero attached hydrogens (tertiary/aromatic N) is 1. The lowest BCUT2D eigenvalue weighted by Gasteiger charge is -2.37. The predicted octanol–water partition coefficient (Wildman–Crippen LogP) is 4.99. The molecule has 3 atom stereocenters. The first-order chi connectivity index (χ1) is 10.0. The fourth-order valence-corrected chi connectivity index (χ4v) is 3.74. The van der Waals surface area contributed by atoms with Crippen molar-refractivity contribution in [2.24, 2.45) is 11.8 Å². The molecule has 2 nitrogen and oxygen atoms in total. The molecule has 1 aromatic carbocycles. The molecule has 0 aliphatic carbocycles. The SMILES string of the molecule is CCCNC(C)c1ccc(N2CCC(C)C(C)C2)cc1Br. The maximum absolute atomic E-state index is 3.77. The summed E-state index contributed by atoms with van der Waals surface area (Å²) >= 11 is 3.77. The van der Waals surface area contributed by atoms with E-state index in [-0.39, 0.29) is 0 Å². The lowest BCUT2D eigenvalue weighted by atomic mass is 9.88. The quantitative estimate of drug-likeness (QED) is 0.802. The first-order valence-electron chi connectivity index (χ1n) is 8.30. The van der Waals surface area contributed by atoms with E-state index in [0.29, 0.717) is 6.04 Å². The van der Waals surface area contributed by atoms with E-state index in [1.807, 2.05) is 0 Å². The van der Waals surface area contributed by atoms with E-state index in [0.717, 1.165) is 18.4 Å². The Balaban J connectivity index is 2.08. The Bertz CT molecular complexity index is 461. The van der Waals surface area contributed by atoms with Crippen LogP contribution in [0.3, 0.4) is 0 Å². The third-order valence-electron chi connectivity index (χ3n) is 4.85. The second-order valence-corrected chi connectivity index (χ2v) is 7.43. The molecule has 1 N–H and O–H groups in total. The third-order valence-corrected chi connectivity index (χ3v) is 5.54. The van der Waals surface area contributed by atoms with E-state index in [4.69, 9.17) is 0 Å². The number of piperidine rings is 1. The van der Waals surface area contributed by atoms with Gasteiger partial charge in [-0.1, -0.05) is 42.8 Å². The van der Waals surface area contributed by atoms with Crippen molar-refractivity contribution in [3.63, 3.8) is 0 Å². The van der Waals surface area contributed by atoms with Gasteiger partial charge >= 0.3 is 0 Å². The topological polar surface area (TPSA) is 15.3 Å². The second kappa shape index (κ2) is 7.64. The van der Waals surface area contributed by atoms with Gasteiger partial charge in [0.1, 0.15) is 0 Å². The fraction of sp³-hybridized carbons (Fsp3) is 0.667. The molecule has 118 valence electrons. The number of halogens is 1. The van der Waals surface area contributed by atoms with Crippen molar-refractivity contribution in [3.8, 4) is 0 Å². The summed E-state index contributed by atoms with van der Waals surface area (Å²) in [5.74, 6) is 1.63. The summed E-state index contributed by atoms with van der Waals surface area (Å²) in [6, 6.07) is 7.25. The molecule has 0 radical (unpaired) electrons. The van der Waals surface area contributed by atoms with Gasteiger partial charge in [-0.15, -0.1) is 0 Å². The van der Waals surface area contributed by atoms with Crippen LogP contribution in [0, 0.1) is 11.8 Å². The number of anilines is 1. The second-order valence-electron chi connectivity index (χ2n) is 6.57. The Morgan fingerprint density at radius 3 is 2.71 bits per heavy atom. The van der Waals surface area contributed by atoms with E-state index < -0.39 is 0 Å². The van der Waals surface area contributed by atoms with Gasteiger partial charge in [-0.3, -0.25) is 0 Å². The molecule has 0 spiro atoms. The number of rotatable bonds is 5. The maximum Gasteiger partial charge on any atom is 0.0377 e. The van der Waals surface area contributed by atoms with Gasteiger partial charge < -0.3 is 10.2 Å². The zero-order valence-corrected chi connectivity index (χ0v) is 15.4. The van der Waals surface area contributed by atoms with Crippen LogP contribution in [0.15, 0.2) is 22.7 Å². The minimum Gasteiger partial charge on any atom is -0.371 e. The Kier molecular flexibility index (Phi) is 6.12. The van der Waals surface area contributed by atoms with Crippen molar-refractivity contribution in [1.82, 2.24) is 5.32 Å². The van der Waals surface area contributed by atoms with E-state index in [9.17, 15) is 0 Å². The fourth-order valence-electron chi connectivity index (χ4n) is 3.03. The highest BCUT2D eigenvalue weighted by Crippen LogP contribution is 2.31. The van der Waals surface area contributed by atoms with Gasteiger partial charge in [0.25, 0.3) is 0 Å². The van der Waals surface area contributed by atoms with Gasteiger partial charge in [-0.2, -0.15) is 0 Å². The van der Waals surface area contributed by atoms with Crippen LogP contribution in [0.1, 0.15) is 52.1 Å². The van der Waals surface area contributed by atoms with Crippen molar-refractivity contribution in [1.29, 1.82) is 0 Å². The van der Waals surface area contributed by atoms with Gasteiger partial charge in [0, 0.05) is 29.3 Å². The highest BCUT2D eigenvalue weighted by Gasteiger charge is 2.23. The third kappa shape index (κ3) is 4.23.